The lowest BCUT2D eigenvalue weighted by atomic mass is 9.79. The fourth-order valence-corrected chi connectivity index (χ4v) is 5.49. The number of hydrogen-bond donors (Lipinski definition) is 1. The second-order valence-corrected chi connectivity index (χ2v) is 7.73. The first kappa shape index (κ1) is 12.6. The zero-order valence-electron chi connectivity index (χ0n) is 11.3. The third-order valence-electron chi connectivity index (χ3n) is 4.33. The summed E-state index contributed by atoms with van der Waals surface area (Å²) in [6.07, 6.45) is 5.81. The van der Waals surface area contributed by atoms with Crippen molar-refractivity contribution in [1.29, 1.82) is 0 Å². The molecule has 2 aliphatic rings. The van der Waals surface area contributed by atoms with Crippen molar-refractivity contribution in [2.75, 3.05) is 0 Å². The van der Waals surface area contributed by atoms with Gasteiger partial charge >= 0.3 is 0 Å². The van der Waals surface area contributed by atoms with E-state index in [2.05, 4.69) is 43.8 Å². The standard InChI is InChI=1S/C16H22OS/c1-11-6-12(2)8-13(7-11)16(17)9-14-4-3-5-15(10-16)18-14/h6-8,14-15,17H,3-5,9-10H2,1-2H3. The highest BCUT2D eigenvalue weighted by atomic mass is 32.2. The molecule has 2 atom stereocenters. The van der Waals surface area contributed by atoms with Gasteiger partial charge in [-0.2, -0.15) is 11.8 Å². The molecule has 2 saturated heterocycles. The number of thioether (sulfide) groups is 1. The van der Waals surface area contributed by atoms with Crippen LogP contribution >= 0.6 is 11.8 Å². The Hall–Kier alpha value is -0.470. The molecular weight excluding hydrogens is 240 g/mol. The summed E-state index contributed by atoms with van der Waals surface area (Å²) in [5.41, 5.74) is 3.11. The van der Waals surface area contributed by atoms with Crippen molar-refractivity contribution in [1.82, 2.24) is 0 Å². The molecule has 1 N–H and O–H groups in total. The number of fused-ring (bicyclic) bond motifs is 2. The van der Waals surface area contributed by atoms with Crippen LogP contribution < -0.4 is 0 Å². The van der Waals surface area contributed by atoms with E-state index in [-0.39, 0.29) is 0 Å². The van der Waals surface area contributed by atoms with E-state index >= 15 is 0 Å². The molecule has 98 valence electrons. The second-order valence-electron chi connectivity index (χ2n) is 6.13. The van der Waals surface area contributed by atoms with Gasteiger partial charge in [0.25, 0.3) is 0 Å². The molecule has 0 spiro atoms. The van der Waals surface area contributed by atoms with E-state index < -0.39 is 5.60 Å². The topological polar surface area (TPSA) is 20.2 Å². The van der Waals surface area contributed by atoms with Gasteiger partial charge in [-0.3, -0.25) is 0 Å². The Bertz CT molecular complexity index is 422. The van der Waals surface area contributed by atoms with Crippen molar-refractivity contribution >= 4 is 11.8 Å². The zero-order valence-corrected chi connectivity index (χ0v) is 12.1. The van der Waals surface area contributed by atoms with Crippen LogP contribution in [0.5, 0.6) is 0 Å². The Labute approximate surface area is 114 Å². The predicted octanol–water partition coefficient (Wildman–Crippen LogP) is 3.94. The Balaban J connectivity index is 1.93. The molecule has 0 radical (unpaired) electrons. The van der Waals surface area contributed by atoms with E-state index in [1.165, 1.54) is 30.4 Å². The fourth-order valence-electron chi connectivity index (χ4n) is 3.60. The monoisotopic (exact) mass is 262 g/mol. The summed E-state index contributed by atoms with van der Waals surface area (Å²) < 4.78 is 0. The minimum absolute atomic E-state index is 0.572. The lowest BCUT2D eigenvalue weighted by Gasteiger charge is -2.44. The Morgan fingerprint density at radius 3 is 2.17 bits per heavy atom. The maximum absolute atomic E-state index is 11.1. The summed E-state index contributed by atoms with van der Waals surface area (Å²) in [7, 11) is 0. The van der Waals surface area contributed by atoms with Gasteiger partial charge in [-0.05, 0) is 45.1 Å². The smallest absolute Gasteiger partial charge is 0.0917 e. The van der Waals surface area contributed by atoms with E-state index in [0.29, 0.717) is 10.5 Å². The van der Waals surface area contributed by atoms with Crippen LogP contribution in [0.2, 0.25) is 0 Å². The normalized spacial score (nSPS) is 35.5. The lowest BCUT2D eigenvalue weighted by molar-refractivity contribution is 0.00803. The summed E-state index contributed by atoms with van der Waals surface area (Å²) in [5, 5.41) is 12.4. The molecule has 0 amide bonds. The maximum atomic E-state index is 11.1. The highest BCUT2D eigenvalue weighted by Gasteiger charge is 2.42. The minimum Gasteiger partial charge on any atom is -0.385 e. The van der Waals surface area contributed by atoms with Gasteiger partial charge in [0.1, 0.15) is 0 Å². The number of aryl methyl sites for hydroxylation is 2. The number of hydrogen-bond acceptors (Lipinski definition) is 2. The SMILES string of the molecule is Cc1cc(C)cc(C2(O)CC3CCCC(C2)S3)c1. The van der Waals surface area contributed by atoms with Gasteiger partial charge in [0.2, 0.25) is 0 Å². The van der Waals surface area contributed by atoms with Gasteiger partial charge in [0.15, 0.2) is 0 Å². The highest BCUT2D eigenvalue weighted by Crippen LogP contribution is 2.49. The second kappa shape index (κ2) is 4.57. The van der Waals surface area contributed by atoms with Crippen molar-refractivity contribution in [2.24, 2.45) is 0 Å². The summed E-state index contributed by atoms with van der Waals surface area (Å²) in [4.78, 5) is 0. The molecule has 0 aromatic heterocycles. The largest absolute Gasteiger partial charge is 0.385 e. The molecule has 18 heavy (non-hydrogen) atoms. The van der Waals surface area contributed by atoms with Crippen molar-refractivity contribution < 1.29 is 5.11 Å². The average Bonchev–Trinajstić information content (AvgIpc) is 2.26. The molecule has 2 heteroatoms. The number of benzene rings is 1. The summed E-state index contributed by atoms with van der Waals surface area (Å²) >= 11 is 2.12. The summed E-state index contributed by atoms with van der Waals surface area (Å²) in [5.74, 6) is 0. The highest BCUT2D eigenvalue weighted by molar-refractivity contribution is 8.00. The maximum Gasteiger partial charge on any atom is 0.0917 e. The Kier molecular flexibility index (Phi) is 3.19. The van der Waals surface area contributed by atoms with Crippen LogP contribution in [-0.2, 0) is 5.60 Å². The quantitative estimate of drug-likeness (QED) is 0.827. The van der Waals surface area contributed by atoms with Crippen LogP contribution in [0.25, 0.3) is 0 Å². The Morgan fingerprint density at radius 2 is 1.61 bits per heavy atom. The molecule has 0 aliphatic carbocycles. The molecule has 1 aromatic carbocycles. The molecule has 1 nitrogen and oxygen atoms in total. The van der Waals surface area contributed by atoms with E-state index in [4.69, 9.17) is 0 Å². The van der Waals surface area contributed by atoms with Crippen LogP contribution in [0.3, 0.4) is 0 Å². The van der Waals surface area contributed by atoms with Gasteiger partial charge in [-0.25, -0.2) is 0 Å². The van der Waals surface area contributed by atoms with E-state index in [1.807, 2.05) is 0 Å². The number of aliphatic hydroxyl groups is 1. The van der Waals surface area contributed by atoms with Crippen LogP contribution in [-0.4, -0.2) is 15.6 Å². The molecule has 3 rings (SSSR count). The third-order valence-corrected chi connectivity index (χ3v) is 5.90. The van der Waals surface area contributed by atoms with E-state index in [1.54, 1.807) is 0 Å². The molecule has 2 heterocycles. The molecular formula is C16H22OS. The van der Waals surface area contributed by atoms with Crippen molar-refractivity contribution in [3.63, 3.8) is 0 Å². The van der Waals surface area contributed by atoms with Crippen molar-refractivity contribution in [3.05, 3.63) is 34.9 Å². The summed E-state index contributed by atoms with van der Waals surface area (Å²) in [6, 6.07) is 6.54. The van der Waals surface area contributed by atoms with Crippen LogP contribution in [0, 0.1) is 13.8 Å². The van der Waals surface area contributed by atoms with Crippen LogP contribution in [0.1, 0.15) is 48.8 Å². The van der Waals surface area contributed by atoms with Crippen LogP contribution in [0.4, 0.5) is 0 Å². The fraction of sp³-hybridized carbons (Fsp3) is 0.625. The van der Waals surface area contributed by atoms with Crippen LogP contribution in [0.15, 0.2) is 18.2 Å². The van der Waals surface area contributed by atoms with Gasteiger partial charge in [-0.1, -0.05) is 35.7 Å². The molecule has 0 saturated carbocycles. The summed E-state index contributed by atoms with van der Waals surface area (Å²) in [6.45, 7) is 4.25. The molecule has 2 bridgehead atoms. The third kappa shape index (κ3) is 2.33. The van der Waals surface area contributed by atoms with E-state index in [0.717, 1.165) is 18.4 Å². The van der Waals surface area contributed by atoms with Gasteiger partial charge < -0.3 is 5.11 Å². The van der Waals surface area contributed by atoms with Gasteiger partial charge in [0, 0.05) is 10.5 Å². The first-order chi connectivity index (χ1) is 8.55. The average molecular weight is 262 g/mol. The zero-order chi connectivity index (χ0) is 12.8. The van der Waals surface area contributed by atoms with Gasteiger partial charge in [-0.15, -0.1) is 0 Å². The first-order valence-electron chi connectivity index (χ1n) is 7.02. The van der Waals surface area contributed by atoms with E-state index in [9.17, 15) is 5.11 Å². The first-order valence-corrected chi connectivity index (χ1v) is 7.96. The van der Waals surface area contributed by atoms with Crippen molar-refractivity contribution in [3.8, 4) is 0 Å². The molecule has 2 aliphatic heterocycles. The lowest BCUT2D eigenvalue weighted by Crippen LogP contribution is -2.40. The molecule has 1 aromatic rings. The minimum atomic E-state index is -0.572. The Morgan fingerprint density at radius 1 is 1.06 bits per heavy atom. The van der Waals surface area contributed by atoms with Crippen molar-refractivity contribution in [2.45, 2.75) is 62.1 Å². The predicted molar refractivity (Wildman–Crippen MR) is 78.1 cm³/mol. The van der Waals surface area contributed by atoms with Gasteiger partial charge in [0.05, 0.1) is 5.60 Å². The molecule has 2 fully saturated rings. The molecule has 2 unspecified atom stereocenters. The number of rotatable bonds is 1.